The van der Waals surface area contributed by atoms with E-state index in [-0.39, 0.29) is 12.5 Å². The van der Waals surface area contributed by atoms with Crippen LogP contribution in [-0.2, 0) is 11.3 Å². The lowest BCUT2D eigenvalue weighted by Gasteiger charge is -2.10. The Morgan fingerprint density at radius 2 is 2.15 bits per heavy atom. The molecule has 0 saturated carbocycles. The number of amides is 1. The van der Waals surface area contributed by atoms with Gasteiger partial charge in [0.2, 0.25) is 5.91 Å². The van der Waals surface area contributed by atoms with Crippen LogP contribution in [0.25, 0.3) is 0 Å². The van der Waals surface area contributed by atoms with E-state index in [1.54, 1.807) is 0 Å². The second-order valence-electron chi connectivity index (χ2n) is 4.38. The van der Waals surface area contributed by atoms with Crippen LogP contribution in [0.2, 0.25) is 0 Å². The molecule has 0 aliphatic heterocycles. The molecule has 2 N–H and O–H groups in total. The van der Waals surface area contributed by atoms with Crippen LogP contribution < -0.4 is 15.4 Å². The van der Waals surface area contributed by atoms with Gasteiger partial charge in [-0.3, -0.25) is 4.79 Å². The smallest absolute Gasteiger partial charge is 0.221 e. The normalized spacial score (nSPS) is 9.80. The minimum Gasteiger partial charge on any atom is -0.481 e. The number of carbonyl (C=O) groups is 1. The zero-order valence-corrected chi connectivity index (χ0v) is 11.9. The van der Waals surface area contributed by atoms with Crippen molar-refractivity contribution in [3.05, 3.63) is 29.8 Å². The van der Waals surface area contributed by atoms with E-state index in [2.05, 4.69) is 16.6 Å². The van der Waals surface area contributed by atoms with Crippen molar-refractivity contribution >= 4 is 5.91 Å². The van der Waals surface area contributed by atoms with E-state index >= 15 is 0 Å². The topological polar surface area (TPSA) is 50.4 Å². The van der Waals surface area contributed by atoms with Gasteiger partial charge in [-0.05, 0) is 12.5 Å². The predicted molar refractivity (Wildman–Crippen MR) is 80.4 cm³/mol. The number of hydrogen-bond donors (Lipinski definition) is 2. The van der Waals surface area contributed by atoms with Gasteiger partial charge in [0.25, 0.3) is 0 Å². The highest BCUT2D eigenvalue weighted by Crippen LogP contribution is 2.17. The SMILES string of the molecule is C#CCOc1ccccc1CNCCC(=O)NCCC. The number of hydrogen-bond acceptors (Lipinski definition) is 3. The van der Waals surface area contributed by atoms with Gasteiger partial charge < -0.3 is 15.4 Å². The van der Waals surface area contributed by atoms with Crippen molar-refractivity contribution in [1.29, 1.82) is 0 Å². The van der Waals surface area contributed by atoms with Crippen LogP contribution in [0.4, 0.5) is 0 Å². The third-order valence-corrected chi connectivity index (χ3v) is 2.70. The van der Waals surface area contributed by atoms with Crippen LogP contribution in [0.15, 0.2) is 24.3 Å². The summed E-state index contributed by atoms with van der Waals surface area (Å²) in [5.41, 5.74) is 1.04. The second-order valence-corrected chi connectivity index (χ2v) is 4.38. The number of nitrogens with one attached hydrogen (secondary N) is 2. The molecule has 0 atom stereocenters. The summed E-state index contributed by atoms with van der Waals surface area (Å²) in [6.45, 7) is 4.32. The van der Waals surface area contributed by atoms with E-state index in [0.29, 0.717) is 19.5 Å². The Bertz CT molecular complexity index is 452. The molecule has 0 aromatic heterocycles. The minimum absolute atomic E-state index is 0.0798. The number of ether oxygens (including phenoxy) is 1. The van der Waals surface area contributed by atoms with Crippen molar-refractivity contribution < 1.29 is 9.53 Å². The molecule has 0 heterocycles. The molecule has 0 radical (unpaired) electrons. The van der Waals surface area contributed by atoms with Crippen molar-refractivity contribution in [2.24, 2.45) is 0 Å². The van der Waals surface area contributed by atoms with E-state index in [4.69, 9.17) is 11.2 Å². The maximum Gasteiger partial charge on any atom is 0.221 e. The van der Waals surface area contributed by atoms with E-state index in [1.807, 2.05) is 31.2 Å². The van der Waals surface area contributed by atoms with E-state index in [9.17, 15) is 4.79 Å². The lowest BCUT2D eigenvalue weighted by Crippen LogP contribution is -2.28. The average Bonchev–Trinajstić information content (AvgIpc) is 2.48. The second kappa shape index (κ2) is 9.88. The first-order chi connectivity index (χ1) is 9.77. The Kier molecular flexibility index (Phi) is 7.93. The molecule has 108 valence electrons. The number of rotatable bonds is 9. The number of benzene rings is 1. The van der Waals surface area contributed by atoms with Crippen LogP contribution in [0.3, 0.4) is 0 Å². The molecular weight excluding hydrogens is 252 g/mol. The highest BCUT2D eigenvalue weighted by molar-refractivity contribution is 5.75. The molecule has 1 aromatic rings. The summed E-state index contributed by atoms with van der Waals surface area (Å²) in [5.74, 6) is 3.31. The van der Waals surface area contributed by atoms with Crippen molar-refractivity contribution in [3.63, 3.8) is 0 Å². The molecule has 1 aromatic carbocycles. The first kappa shape index (κ1) is 16.1. The first-order valence-corrected chi connectivity index (χ1v) is 6.89. The Balaban J connectivity index is 2.31. The van der Waals surface area contributed by atoms with Gasteiger partial charge in [0.05, 0.1) is 0 Å². The average molecular weight is 274 g/mol. The van der Waals surface area contributed by atoms with Crippen LogP contribution in [0.1, 0.15) is 25.3 Å². The molecule has 1 amide bonds. The lowest BCUT2D eigenvalue weighted by atomic mass is 10.2. The van der Waals surface area contributed by atoms with Crippen molar-refractivity contribution in [2.75, 3.05) is 19.7 Å². The van der Waals surface area contributed by atoms with E-state index in [0.717, 1.165) is 24.3 Å². The molecular formula is C16H22N2O2. The quantitative estimate of drug-likeness (QED) is 0.532. The third kappa shape index (κ3) is 6.26. The fourth-order valence-electron chi connectivity index (χ4n) is 1.69. The van der Waals surface area contributed by atoms with Crippen molar-refractivity contribution in [3.8, 4) is 18.1 Å². The van der Waals surface area contributed by atoms with Gasteiger partial charge >= 0.3 is 0 Å². The van der Waals surface area contributed by atoms with Crippen molar-refractivity contribution in [1.82, 2.24) is 10.6 Å². The maximum atomic E-state index is 11.4. The Morgan fingerprint density at radius 1 is 1.35 bits per heavy atom. The fraction of sp³-hybridized carbons (Fsp3) is 0.438. The molecule has 0 bridgehead atoms. The lowest BCUT2D eigenvalue weighted by molar-refractivity contribution is -0.120. The first-order valence-electron chi connectivity index (χ1n) is 6.89. The van der Waals surface area contributed by atoms with E-state index < -0.39 is 0 Å². The monoisotopic (exact) mass is 274 g/mol. The Labute approximate surface area is 120 Å². The van der Waals surface area contributed by atoms with Gasteiger partial charge in [0.15, 0.2) is 0 Å². The molecule has 0 spiro atoms. The summed E-state index contributed by atoms with van der Waals surface area (Å²) in [4.78, 5) is 11.4. The number of terminal acetylenes is 1. The zero-order valence-electron chi connectivity index (χ0n) is 11.9. The number of carbonyl (C=O) groups excluding carboxylic acids is 1. The van der Waals surface area contributed by atoms with Crippen LogP contribution in [0, 0.1) is 12.3 Å². The molecule has 0 saturated heterocycles. The fourth-order valence-corrected chi connectivity index (χ4v) is 1.69. The Hall–Kier alpha value is -1.99. The molecule has 20 heavy (non-hydrogen) atoms. The minimum atomic E-state index is 0.0798. The molecule has 1 rings (SSSR count). The standard InChI is InChI=1S/C16H22N2O2/c1-3-10-18-16(19)9-11-17-13-14-7-5-6-8-15(14)20-12-4-2/h2,5-8,17H,3,9-13H2,1H3,(H,18,19). The largest absolute Gasteiger partial charge is 0.481 e. The highest BCUT2D eigenvalue weighted by atomic mass is 16.5. The van der Waals surface area contributed by atoms with Gasteiger partial charge in [-0.1, -0.05) is 31.0 Å². The number of para-hydroxylation sites is 1. The summed E-state index contributed by atoms with van der Waals surface area (Å²) in [6.07, 6.45) is 6.62. The van der Waals surface area contributed by atoms with Gasteiger partial charge in [-0.25, -0.2) is 0 Å². The predicted octanol–water partition coefficient (Wildman–Crippen LogP) is 1.70. The Morgan fingerprint density at radius 3 is 2.90 bits per heavy atom. The molecule has 0 aliphatic carbocycles. The summed E-state index contributed by atoms with van der Waals surface area (Å²) in [6, 6.07) is 7.74. The highest BCUT2D eigenvalue weighted by Gasteiger charge is 2.03. The summed E-state index contributed by atoms with van der Waals surface area (Å²) < 4.78 is 5.46. The van der Waals surface area contributed by atoms with Gasteiger partial charge in [-0.2, -0.15) is 0 Å². The van der Waals surface area contributed by atoms with Gasteiger partial charge in [0.1, 0.15) is 12.4 Å². The summed E-state index contributed by atoms with van der Waals surface area (Å²) in [7, 11) is 0. The summed E-state index contributed by atoms with van der Waals surface area (Å²) in [5, 5.41) is 6.08. The van der Waals surface area contributed by atoms with Crippen molar-refractivity contribution in [2.45, 2.75) is 26.3 Å². The van der Waals surface area contributed by atoms with Gasteiger partial charge in [0, 0.05) is 31.6 Å². The van der Waals surface area contributed by atoms with Crippen LogP contribution >= 0.6 is 0 Å². The van der Waals surface area contributed by atoms with Crippen LogP contribution in [-0.4, -0.2) is 25.6 Å². The third-order valence-electron chi connectivity index (χ3n) is 2.70. The zero-order chi connectivity index (χ0) is 14.6. The van der Waals surface area contributed by atoms with Crippen LogP contribution in [0.5, 0.6) is 5.75 Å². The molecule has 0 fully saturated rings. The van der Waals surface area contributed by atoms with E-state index in [1.165, 1.54) is 0 Å². The molecule has 0 aliphatic rings. The summed E-state index contributed by atoms with van der Waals surface area (Å²) >= 11 is 0. The molecule has 4 nitrogen and oxygen atoms in total. The molecule has 4 heteroatoms. The molecule has 0 unspecified atom stereocenters. The van der Waals surface area contributed by atoms with Gasteiger partial charge in [-0.15, -0.1) is 6.42 Å². The maximum absolute atomic E-state index is 11.4.